The summed E-state index contributed by atoms with van der Waals surface area (Å²) in [4.78, 5) is 202. The lowest BCUT2D eigenvalue weighted by Crippen LogP contribution is -2.64. The van der Waals surface area contributed by atoms with E-state index < -0.39 is 203 Å². The molecule has 105 heavy (non-hydrogen) atoms. The first kappa shape index (κ1) is 90.7. The van der Waals surface area contributed by atoms with E-state index in [-0.39, 0.29) is 69.1 Å². The van der Waals surface area contributed by atoms with E-state index in [1.165, 1.54) is 31.7 Å². The van der Waals surface area contributed by atoms with Crippen LogP contribution in [0, 0.1) is 47.3 Å². The van der Waals surface area contributed by atoms with Gasteiger partial charge in [-0.1, -0.05) is 166 Å². The molecule has 0 aromatic heterocycles. The number of aliphatic hydroxyl groups is 1. The van der Waals surface area contributed by atoms with Gasteiger partial charge in [-0.15, -0.1) is 0 Å². The molecule has 16 unspecified atom stereocenters. The van der Waals surface area contributed by atoms with Gasteiger partial charge in [-0.05, 0) is 112 Å². The van der Waals surface area contributed by atoms with Gasteiger partial charge in [0.15, 0.2) is 0 Å². The van der Waals surface area contributed by atoms with Crippen molar-refractivity contribution in [2.75, 3.05) is 13.1 Å². The largest absolute Gasteiger partial charge is 0.458 e. The molecule has 13 amide bonds. The fourth-order valence-electron chi connectivity index (χ4n) is 12.0. The number of nitrogens with two attached hydrogens (primary N) is 1. The maximum absolute atomic E-state index is 15.0. The molecule has 590 valence electrons. The monoisotopic (exact) mass is 1480 g/mol. The molecule has 0 saturated carbocycles. The van der Waals surface area contributed by atoms with Gasteiger partial charge in [0.05, 0.1) is 6.10 Å². The van der Waals surface area contributed by atoms with Crippen molar-refractivity contribution in [3.05, 3.63) is 47.7 Å². The number of nitrogens with one attached hydrogen (secondary N) is 12. The maximum Gasteiger partial charge on any atom is 0.329 e. The van der Waals surface area contributed by atoms with Crippen molar-refractivity contribution in [1.29, 1.82) is 0 Å². The fraction of sp³-hybridized carbons (Fsp3) is 0.707. The van der Waals surface area contributed by atoms with E-state index in [4.69, 9.17) is 10.5 Å². The van der Waals surface area contributed by atoms with Crippen LogP contribution in [0.3, 0.4) is 0 Å². The molecule has 15 N–H and O–H groups in total. The molecular weight excluding hydrogens is 1350 g/mol. The van der Waals surface area contributed by atoms with Gasteiger partial charge in [-0.25, -0.2) is 4.79 Å². The van der Waals surface area contributed by atoms with E-state index >= 15 is 9.59 Å². The van der Waals surface area contributed by atoms with Gasteiger partial charge in [-0.2, -0.15) is 0 Å². The highest BCUT2D eigenvalue weighted by atomic mass is 16.5. The van der Waals surface area contributed by atoms with Crippen LogP contribution in [0.15, 0.2) is 42.1 Å². The van der Waals surface area contributed by atoms with Crippen molar-refractivity contribution in [2.45, 2.75) is 280 Å². The number of nitrogens with zero attached hydrogens (tertiary/aromatic N) is 1. The van der Waals surface area contributed by atoms with E-state index in [1.54, 1.807) is 127 Å². The number of rotatable bonds is 33. The first-order chi connectivity index (χ1) is 49.3. The normalized spacial score (nSPS) is 22.8. The van der Waals surface area contributed by atoms with Crippen molar-refractivity contribution in [3.8, 4) is 0 Å². The average molecular weight is 1480 g/mol. The van der Waals surface area contributed by atoms with Crippen LogP contribution in [-0.2, 0) is 78.3 Å². The van der Waals surface area contributed by atoms with E-state index in [1.807, 2.05) is 13.8 Å². The Morgan fingerprint density at radius 3 is 1.69 bits per heavy atom. The third-order valence-electron chi connectivity index (χ3n) is 19.6. The molecule has 0 spiro atoms. The molecule has 0 bridgehead atoms. The number of esters is 1. The van der Waals surface area contributed by atoms with Gasteiger partial charge in [-0.3, -0.25) is 62.3 Å². The summed E-state index contributed by atoms with van der Waals surface area (Å²) in [7, 11) is 0. The second kappa shape index (κ2) is 43.8. The van der Waals surface area contributed by atoms with Gasteiger partial charge in [0, 0.05) is 19.4 Å². The van der Waals surface area contributed by atoms with Gasteiger partial charge >= 0.3 is 5.97 Å². The van der Waals surface area contributed by atoms with E-state index in [0.29, 0.717) is 24.8 Å². The minimum absolute atomic E-state index is 0.0355. The van der Waals surface area contributed by atoms with Crippen LogP contribution >= 0.6 is 0 Å². The Morgan fingerprint density at radius 1 is 0.610 bits per heavy atom. The van der Waals surface area contributed by atoms with Crippen LogP contribution in [0.25, 0.3) is 0 Å². The number of hydrogen-bond acceptors (Lipinski definition) is 17. The minimum Gasteiger partial charge on any atom is -0.458 e. The van der Waals surface area contributed by atoms with Gasteiger partial charge < -0.3 is 84.3 Å². The zero-order valence-corrected chi connectivity index (χ0v) is 65.2. The van der Waals surface area contributed by atoms with Crippen LogP contribution in [0.2, 0.25) is 0 Å². The molecule has 2 aliphatic heterocycles. The Balaban J connectivity index is 2.00. The summed E-state index contributed by atoms with van der Waals surface area (Å²) in [6.45, 7) is 31.7. The molecule has 0 aliphatic carbocycles. The van der Waals surface area contributed by atoms with Crippen molar-refractivity contribution in [2.24, 2.45) is 53.1 Å². The lowest BCUT2D eigenvalue weighted by Gasteiger charge is -2.33. The smallest absolute Gasteiger partial charge is 0.329 e. The van der Waals surface area contributed by atoms with E-state index in [2.05, 4.69) is 63.8 Å². The van der Waals surface area contributed by atoms with Crippen molar-refractivity contribution in [1.82, 2.24) is 68.7 Å². The standard InChI is InChI=1S/C75H124N14O16/c1-20-43(15)33-34-53(91)80-54(38(5)6)68(97)87-61(46(18)90)72(101)82-56(40(9)10)69(98)83-57(41(11)12)74(103)89-36-28-32-52(89)66(95)78-50(31-27-35-76)64(93)85-59(44(16)21-2)71(100)88-62-47(19)105-75(104)58(42(13)14)84-63(92)49(23-4)77-65(94)51(37-48-29-25-24-26-30-48)79-67(96)55(39(7)8)81-70(99)60(45(17)22-3)86-73(62)102/h23-26,29-30,38-47,50-52,54-62,90H,20-22,27-28,31-37,76H2,1-19H3,(H,77,94)(H,78,95)(H,79,96)(H,80,91)(H,81,99)(H,82,101)(H,83,98)(H,84,92)(H,85,93)(H,86,102)(H,87,97)(H,88,100)/t43?,44?,45?,46?,47?,50?,51?,52?,54?,55-,56?,57?,58?,59?,60?,61?,62?/m0/s1. The lowest BCUT2D eigenvalue weighted by atomic mass is 9.95. The second-order valence-electron chi connectivity index (χ2n) is 30.0. The topological polar surface area (TPSA) is 442 Å². The van der Waals surface area contributed by atoms with Gasteiger partial charge in [0.25, 0.3) is 5.91 Å². The highest BCUT2D eigenvalue weighted by Gasteiger charge is 2.44. The molecule has 2 heterocycles. The highest BCUT2D eigenvalue weighted by Crippen LogP contribution is 2.23. The molecule has 2 saturated heterocycles. The number of hydrogen-bond donors (Lipinski definition) is 14. The summed E-state index contributed by atoms with van der Waals surface area (Å²) in [5.41, 5.74) is 6.34. The number of allylic oxidation sites excluding steroid dienone is 1. The number of ether oxygens (including phenoxy) is 1. The molecule has 2 aliphatic rings. The summed E-state index contributed by atoms with van der Waals surface area (Å²) in [6, 6.07) is -7.67. The number of likely N-dealkylation sites (tertiary alicyclic amines) is 1. The van der Waals surface area contributed by atoms with Crippen LogP contribution in [0.4, 0.5) is 0 Å². The van der Waals surface area contributed by atoms with Crippen molar-refractivity contribution in [3.63, 3.8) is 0 Å². The van der Waals surface area contributed by atoms with E-state index in [9.17, 15) is 62.6 Å². The van der Waals surface area contributed by atoms with Crippen LogP contribution in [0.1, 0.15) is 195 Å². The quantitative estimate of drug-likeness (QED) is 0.0353. The number of cyclic esters (lactones) is 1. The summed E-state index contributed by atoms with van der Waals surface area (Å²) < 4.78 is 5.96. The highest BCUT2D eigenvalue weighted by molar-refractivity contribution is 6.03. The fourth-order valence-corrected chi connectivity index (χ4v) is 12.0. The number of aliphatic hydroxyl groups excluding tert-OH is 1. The Morgan fingerprint density at radius 2 is 1.15 bits per heavy atom. The van der Waals surface area contributed by atoms with E-state index in [0.717, 1.165) is 6.42 Å². The predicted molar refractivity (Wildman–Crippen MR) is 395 cm³/mol. The molecule has 30 nitrogen and oxygen atoms in total. The number of carbonyl (C=O) groups excluding carboxylic acids is 14. The Kier molecular flexibility index (Phi) is 37.8. The van der Waals surface area contributed by atoms with Gasteiger partial charge in [0.1, 0.15) is 84.3 Å². The Hall–Kier alpha value is -8.54. The summed E-state index contributed by atoms with van der Waals surface area (Å²) in [6.07, 6.45) is 1.08. The Bertz CT molecular complexity index is 3160. The molecule has 1 aromatic carbocycles. The molecule has 1 aromatic rings. The van der Waals surface area contributed by atoms with Crippen LogP contribution < -0.4 is 69.5 Å². The summed E-state index contributed by atoms with van der Waals surface area (Å²) >= 11 is 0. The first-order valence-electron chi connectivity index (χ1n) is 37.5. The lowest BCUT2D eigenvalue weighted by molar-refractivity contribution is -0.157. The minimum atomic E-state index is -1.83. The number of benzene rings is 1. The average Bonchev–Trinajstić information content (AvgIpc) is 1.80. The molecule has 0 radical (unpaired) electrons. The maximum atomic E-state index is 15.0. The predicted octanol–water partition coefficient (Wildman–Crippen LogP) is 1.84. The van der Waals surface area contributed by atoms with Crippen LogP contribution in [0.5, 0.6) is 0 Å². The third kappa shape index (κ3) is 27.4. The third-order valence-corrected chi connectivity index (χ3v) is 19.6. The summed E-state index contributed by atoms with van der Waals surface area (Å²) in [5.74, 6) is -15.2. The van der Waals surface area contributed by atoms with Crippen molar-refractivity contribution < 1.29 is 77.0 Å². The van der Waals surface area contributed by atoms with Crippen LogP contribution in [-0.4, -0.2) is 191 Å². The zero-order valence-electron chi connectivity index (χ0n) is 65.2. The first-order valence-corrected chi connectivity index (χ1v) is 37.5. The number of amides is 13. The molecule has 2 fully saturated rings. The molecular formula is C75H124N14O16. The zero-order chi connectivity index (χ0) is 79.4. The van der Waals surface area contributed by atoms with Crippen molar-refractivity contribution >= 4 is 82.8 Å². The SMILES string of the molecule is CC=C1NC(=O)C(Cc2ccccc2)NC(=O)[C@H](C(C)C)NC(=O)C(C(C)CC)NC(=O)C(NC(=O)C(NC(=O)C(CCCN)NC(=O)C2CCCN2C(=O)C(NC(=O)C(NC(=O)C(NC(=O)C(NC(=O)CCC(C)CC)C(C)C)C(C)O)C(C)C)C(C)C)C(C)CC)C(C)OC(=O)C(C(C)C)NC1=O. The second-order valence-corrected chi connectivity index (χ2v) is 30.0. The molecule has 30 heteroatoms. The summed E-state index contributed by atoms with van der Waals surface area (Å²) in [5, 5.41) is 43.2. The Labute approximate surface area is 620 Å². The number of carbonyl (C=O) groups is 14. The molecule has 3 rings (SSSR count). The van der Waals surface area contributed by atoms with Gasteiger partial charge in [0.2, 0.25) is 70.9 Å². The molecule has 17 atom stereocenters.